The molecule has 0 aromatic carbocycles. The molecule has 0 unspecified atom stereocenters. The van der Waals surface area contributed by atoms with E-state index in [1.54, 1.807) is 6.08 Å². The van der Waals surface area contributed by atoms with Crippen LogP contribution in [-0.2, 0) is 9.59 Å². The van der Waals surface area contributed by atoms with Crippen molar-refractivity contribution in [3.63, 3.8) is 0 Å². The van der Waals surface area contributed by atoms with Crippen LogP contribution in [-0.4, -0.2) is 22.2 Å². The summed E-state index contributed by atoms with van der Waals surface area (Å²) in [5.74, 6) is -1.35. The molecule has 4 nitrogen and oxygen atoms in total. The minimum Gasteiger partial charge on any atom is -0.481 e. The lowest BCUT2D eigenvalue weighted by Crippen LogP contribution is -1.93. The normalized spacial score (nSPS) is 10.0. The Morgan fingerprint density at radius 3 is 0.885 bits per heavy atom. The van der Waals surface area contributed by atoms with E-state index in [1.807, 2.05) is 6.92 Å². The van der Waals surface area contributed by atoms with Crippen LogP contribution in [0.15, 0.2) is 12.7 Å². The summed E-state index contributed by atoms with van der Waals surface area (Å²) >= 11 is 0. The van der Waals surface area contributed by atoms with Crippen LogP contribution in [0.5, 0.6) is 0 Å². The Labute approximate surface area is 161 Å². The quantitative estimate of drug-likeness (QED) is 0.201. The highest BCUT2D eigenvalue weighted by Gasteiger charge is 1.98. The van der Waals surface area contributed by atoms with Gasteiger partial charge in [-0.2, -0.15) is 0 Å². The molecule has 0 spiro atoms. The lowest BCUT2D eigenvalue weighted by molar-refractivity contribution is -0.138. The van der Waals surface area contributed by atoms with Crippen LogP contribution < -0.4 is 0 Å². The highest BCUT2D eigenvalue weighted by atomic mass is 16.4. The van der Waals surface area contributed by atoms with Gasteiger partial charge in [0.1, 0.15) is 0 Å². The largest absolute Gasteiger partial charge is 0.481 e. The number of aliphatic carboxylic acids is 2. The number of allylic oxidation sites excluding steroid dienone is 1. The molecule has 154 valence electrons. The molecule has 0 atom stereocenters. The average Bonchev–Trinajstić information content (AvgIpc) is 2.58. The average molecular weight is 371 g/mol. The van der Waals surface area contributed by atoms with Crippen LogP contribution in [0.3, 0.4) is 0 Å². The molecule has 26 heavy (non-hydrogen) atoms. The molecule has 4 heteroatoms. The van der Waals surface area contributed by atoms with Gasteiger partial charge in [-0.05, 0) is 19.8 Å². The van der Waals surface area contributed by atoms with E-state index in [-0.39, 0.29) is 0 Å². The molecule has 2 N–H and O–H groups in total. The van der Waals surface area contributed by atoms with Crippen molar-refractivity contribution in [2.75, 3.05) is 0 Å². The maximum absolute atomic E-state index is 10.4. The third-order valence-electron chi connectivity index (χ3n) is 4.28. The fraction of sp³-hybridized carbons (Fsp3) is 0.818. The molecule has 0 aliphatic heterocycles. The van der Waals surface area contributed by atoms with Crippen molar-refractivity contribution < 1.29 is 19.8 Å². The molecule has 0 aliphatic rings. The van der Waals surface area contributed by atoms with E-state index in [0.717, 1.165) is 25.7 Å². The molecular weight excluding hydrogens is 328 g/mol. The molecule has 0 saturated heterocycles. The Bertz CT molecular complexity index is 298. The van der Waals surface area contributed by atoms with Crippen LogP contribution in [0.25, 0.3) is 0 Å². The Morgan fingerprint density at radius 1 is 0.577 bits per heavy atom. The van der Waals surface area contributed by atoms with E-state index in [2.05, 4.69) is 6.58 Å². The first-order chi connectivity index (χ1) is 12.5. The second-order valence-electron chi connectivity index (χ2n) is 7.00. The topological polar surface area (TPSA) is 74.6 Å². The lowest BCUT2D eigenvalue weighted by atomic mass is 10.0. The zero-order valence-electron chi connectivity index (χ0n) is 17.0. The minimum absolute atomic E-state index is 0.319. The fourth-order valence-corrected chi connectivity index (χ4v) is 2.85. The van der Waals surface area contributed by atoms with Crippen LogP contribution in [0.1, 0.15) is 116 Å². The predicted octanol–water partition coefficient (Wildman–Crippen LogP) is 6.98. The van der Waals surface area contributed by atoms with Gasteiger partial charge in [0.2, 0.25) is 0 Å². The van der Waals surface area contributed by atoms with Gasteiger partial charge in [0.05, 0.1) is 0 Å². The molecular formula is C22H42O4. The van der Waals surface area contributed by atoms with Gasteiger partial charge in [0.15, 0.2) is 0 Å². The van der Waals surface area contributed by atoms with E-state index in [0.29, 0.717) is 12.8 Å². The van der Waals surface area contributed by atoms with E-state index >= 15 is 0 Å². The molecule has 0 bridgehead atoms. The number of hydrogen-bond acceptors (Lipinski definition) is 2. The summed E-state index contributed by atoms with van der Waals surface area (Å²) in [7, 11) is 0. The first-order valence-corrected chi connectivity index (χ1v) is 10.5. The van der Waals surface area contributed by atoms with Gasteiger partial charge in [0.25, 0.3) is 0 Å². The van der Waals surface area contributed by atoms with Gasteiger partial charge in [-0.25, -0.2) is 0 Å². The number of rotatable bonds is 18. The summed E-state index contributed by atoms with van der Waals surface area (Å²) in [6.45, 7) is 5.25. The van der Waals surface area contributed by atoms with Crippen LogP contribution in [0.2, 0.25) is 0 Å². The summed E-state index contributed by atoms with van der Waals surface area (Å²) in [5.41, 5.74) is 0. The third kappa shape index (κ3) is 30.5. The van der Waals surface area contributed by atoms with Gasteiger partial charge in [-0.3, -0.25) is 9.59 Å². The number of unbranched alkanes of at least 4 members (excludes halogenated alkanes) is 14. The third-order valence-corrected chi connectivity index (χ3v) is 4.28. The zero-order valence-corrected chi connectivity index (χ0v) is 17.0. The standard InChI is InChI=1S/C19H36O4.C3H6/c20-18(21)16-14-12-10-8-6-4-2-1-3-5-7-9-11-13-15-17-19(22)23;1-3-2/h1-17H2,(H,20,21)(H,22,23);3H,1H2,2H3. The van der Waals surface area contributed by atoms with Crippen molar-refractivity contribution >= 4 is 11.9 Å². The minimum atomic E-state index is -0.676. The molecule has 0 aromatic heterocycles. The zero-order chi connectivity index (χ0) is 19.9. The highest BCUT2D eigenvalue weighted by molar-refractivity contribution is 5.66. The molecule has 0 saturated carbocycles. The van der Waals surface area contributed by atoms with Crippen molar-refractivity contribution in [2.24, 2.45) is 0 Å². The predicted molar refractivity (Wildman–Crippen MR) is 110 cm³/mol. The molecule has 0 rings (SSSR count). The van der Waals surface area contributed by atoms with Crippen LogP contribution in [0.4, 0.5) is 0 Å². The highest BCUT2D eigenvalue weighted by Crippen LogP contribution is 2.14. The smallest absolute Gasteiger partial charge is 0.303 e. The Kier molecular flexibility index (Phi) is 24.5. The molecule has 0 aromatic rings. The van der Waals surface area contributed by atoms with Gasteiger partial charge >= 0.3 is 11.9 Å². The second kappa shape index (κ2) is 23.7. The molecule has 0 fully saturated rings. The van der Waals surface area contributed by atoms with E-state index in [1.165, 1.54) is 70.6 Å². The molecule has 0 aliphatic carbocycles. The van der Waals surface area contributed by atoms with Crippen molar-refractivity contribution in [2.45, 2.75) is 116 Å². The Balaban J connectivity index is 0. The van der Waals surface area contributed by atoms with Crippen molar-refractivity contribution in [3.05, 3.63) is 12.7 Å². The fourth-order valence-electron chi connectivity index (χ4n) is 2.85. The first kappa shape index (κ1) is 26.9. The van der Waals surface area contributed by atoms with Gasteiger partial charge in [-0.15, -0.1) is 6.58 Å². The maximum Gasteiger partial charge on any atom is 0.303 e. The Morgan fingerprint density at radius 2 is 0.731 bits per heavy atom. The number of carboxylic acids is 2. The molecule has 0 amide bonds. The van der Waals surface area contributed by atoms with E-state index < -0.39 is 11.9 Å². The number of carboxylic acid groups (broad SMARTS) is 2. The number of hydrogen-bond donors (Lipinski definition) is 2. The number of carbonyl (C=O) groups is 2. The first-order valence-electron chi connectivity index (χ1n) is 10.5. The van der Waals surface area contributed by atoms with Crippen molar-refractivity contribution in [1.82, 2.24) is 0 Å². The second-order valence-corrected chi connectivity index (χ2v) is 7.00. The monoisotopic (exact) mass is 370 g/mol. The summed E-state index contributed by atoms with van der Waals surface area (Å²) in [4.78, 5) is 20.7. The summed E-state index contributed by atoms with van der Waals surface area (Å²) in [6.07, 6.45) is 20.2. The summed E-state index contributed by atoms with van der Waals surface area (Å²) in [5, 5.41) is 17.1. The Hall–Kier alpha value is -1.32. The summed E-state index contributed by atoms with van der Waals surface area (Å²) in [6, 6.07) is 0. The van der Waals surface area contributed by atoms with Gasteiger partial charge < -0.3 is 10.2 Å². The SMILES string of the molecule is C=CC.O=C(O)CCCCCCCCCCCCCCCCCC(=O)O. The van der Waals surface area contributed by atoms with E-state index in [4.69, 9.17) is 10.2 Å². The van der Waals surface area contributed by atoms with E-state index in [9.17, 15) is 9.59 Å². The van der Waals surface area contributed by atoms with Crippen LogP contribution >= 0.6 is 0 Å². The molecule has 0 heterocycles. The molecule has 0 radical (unpaired) electrons. The maximum atomic E-state index is 10.4. The van der Waals surface area contributed by atoms with Crippen LogP contribution in [0, 0.1) is 0 Å². The summed E-state index contributed by atoms with van der Waals surface area (Å²) < 4.78 is 0. The van der Waals surface area contributed by atoms with Gasteiger partial charge in [0, 0.05) is 12.8 Å². The van der Waals surface area contributed by atoms with Gasteiger partial charge in [-0.1, -0.05) is 89.5 Å². The van der Waals surface area contributed by atoms with Crippen molar-refractivity contribution in [3.8, 4) is 0 Å². The van der Waals surface area contributed by atoms with Crippen molar-refractivity contribution in [1.29, 1.82) is 0 Å². The lowest BCUT2D eigenvalue weighted by Gasteiger charge is -2.03.